The molecule has 252 valence electrons. The smallest absolute Gasteiger partial charge is 0.403 e. The monoisotopic (exact) mass is 650 g/mol. The summed E-state index contributed by atoms with van der Waals surface area (Å²) in [5, 5.41) is 17.1. The van der Waals surface area contributed by atoms with Gasteiger partial charge in [0.05, 0.1) is 36.0 Å². The number of hydrogen-bond donors (Lipinski definition) is 1. The van der Waals surface area contributed by atoms with Crippen LogP contribution in [0.3, 0.4) is 0 Å². The standard InChI is InChI=1S/C37H47BN6O4/c1-35(2)36(3,4)48-38(47-35)23-15-14-22-32(34-40-41-42-44(34)28-33(45)43-24-26-46-27-25-43)39-37(29-16-8-5-9-17-29,30-18-10-6-11-19-30)31-20-12-7-13-21-31/h5-13,16-21,32,39H,14-15,22-28H2,1-4H3. The Labute approximate surface area is 284 Å². The Hall–Kier alpha value is -3.90. The van der Waals surface area contributed by atoms with Gasteiger partial charge in [-0.15, -0.1) is 5.10 Å². The van der Waals surface area contributed by atoms with Gasteiger partial charge in [-0.05, 0) is 67.6 Å². The highest BCUT2D eigenvalue weighted by atomic mass is 16.7. The van der Waals surface area contributed by atoms with Crippen molar-refractivity contribution in [2.75, 3.05) is 26.3 Å². The quantitative estimate of drug-likeness (QED) is 0.116. The Morgan fingerprint density at radius 1 is 0.833 bits per heavy atom. The van der Waals surface area contributed by atoms with E-state index in [1.54, 1.807) is 4.68 Å². The fourth-order valence-corrected chi connectivity index (χ4v) is 6.70. The number of aromatic nitrogens is 4. The zero-order chi connectivity index (χ0) is 33.6. The molecule has 2 saturated heterocycles. The van der Waals surface area contributed by atoms with E-state index in [2.05, 4.69) is 121 Å². The lowest BCUT2D eigenvalue weighted by Gasteiger charge is -2.40. The molecule has 1 atom stereocenters. The van der Waals surface area contributed by atoms with E-state index in [9.17, 15) is 4.79 Å². The summed E-state index contributed by atoms with van der Waals surface area (Å²) in [5.41, 5.74) is 1.80. The molecule has 1 amide bonds. The van der Waals surface area contributed by atoms with E-state index >= 15 is 0 Å². The molecule has 1 unspecified atom stereocenters. The molecule has 4 aromatic rings. The van der Waals surface area contributed by atoms with Gasteiger partial charge in [-0.25, -0.2) is 4.68 Å². The van der Waals surface area contributed by atoms with Gasteiger partial charge in [0, 0.05) is 13.1 Å². The number of hydrogen-bond acceptors (Lipinski definition) is 8. The summed E-state index contributed by atoms with van der Waals surface area (Å²) in [5.74, 6) is 0.603. The highest BCUT2D eigenvalue weighted by Gasteiger charge is 2.50. The van der Waals surface area contributed by atoms with Gasteiger partial charge in [0.15, 0.2) is 5.82 Å². The second-order valence-corrected chi connectivity index (χ2v) is 13.7. The van der Waals surface area contributed by atoms with Gasteiger partial charge in [-0.3, -0.25) is 10.1 Å². The Morgan fingerprint density at radius 2 is 1.35 bits per heavy atom. The predicted molar refractivity (Wildman–Crippen MR) is 185 cm³/mol. The topological polar surface area (TPSA) is 104 Å². The van der Waals surface area contributed by atoms with E-state index in [-0.39, 0.29) is 36.8 Å². The number of carbonyl (C=O) groups excluding carboxylic acids is 1. The van der Waals surface area contributed by atoms with Crippen LogP contribution in [0.15, 0.2) is 91.0 Å². The van der Waals surface area contributed by atoms with Crippen molar-refractivity contribution < 1.29 is 18.8 Å². The fraction of sp³-hybridized carbons (Fsp3) is 0.459. The number of rotatable bonds is 13. The van der Waals surface area contributed by atoms with E-state index in [4.69, 9.17) is 14.0 Å². The largest absolute Gasteiger partial charge is 0.457 e. The minimum atomic E-state index is -0.745. The SMILES string of the molecule is CC1(C)OB(CCCCC(NC(c2ccccc2)(c2ccccc2)c2ccccc2)c2nnnn2CC(=O)N2CCOCC2)OC1(C)C. The van der Waals surface area contributed by atoms with Crippen LogP contribution >= 0.6 is 0 Å². The van der Waals surface area contributed by atoms with Crippen LogP contribution in [0.4, 0.5) is 0 Å². The van der Waals surface area contributed by atoms with Crippen molar-refractivity contribution in [1.29, 1.82) is 0 Å². The van der Waals surface area contributed by atoms with Crippen molar-refractivity contribution in [2.45, 2.75) is 82.6 Å². The van der Waals surface area contributed by atoms with Crippen LogP contribution in [0.1, 0.15) is 75.5 Å². The van der Waals surface area contributed by atoms with Crippen LogP contribution in [0.25, 0.3) is 0 Å². The minimum Gasteiger partial charge on any atom is -0.403 e. The molecular formula is C37H47BN6O4. The fourth-order valence-electron chi connectivity index (χ4n) is 6.70. The Morgan fingerprint density at radius 3 is 1.88 bits per heavy atom. The van der Waals surface area contributed by atoms with Gasteiger partial charge in [-0.1, -0.05) is 104 Å². The maximum absolute atomic E-state index is 13.4. The van der Waals surface area contributed by atoms with Gasteiger partial charge >= 0.3 is 7.12 Å². The molecule has 0 bridgehead atoms. The number of unbranched alkanes of at least 4 members (excludes halogenated alkanes) is 1. The lowest BCUT2D eigenvalue weighted by molar-refractivity contribution is -0.136. The number of morpholine rings is 1. The second-order valence-electron chi connectivity index (χ2n) is 13.7. The third kappa shape index (κ3) is 7.24. The Bertz CT molecular complexity index is 1500. The zero-order valence-electron chi connectivity index (χ0n) is 28.5. The van der Waals surface area contributed by atoms with Crippen molar-refractivity contribution in [3.05, 3.63) is 114 Å². The molecule has 0 spiro atoms. The van der Waals surface area contributed by atoms with E-state index in [1.165, 1.54) is 0 Å². The van der Waals surface area contributed by atoms with E-state index in [0.717, 1.165) is 42.3 Å². The summed E-state index contributed by atoms with van der Waals surface area (Å²) in [4.78, 5) is 15.2. The number of benzene rings is 3. The molecule has 48 heavy (non-hydrogen) atoms. The highest BCUT2D eigenvalue weighted by molar-refractivity contribution is 6.45. The highest BCUT2D eigenvalue weighted by Crippen LogP contribution is 2.41. The Kier molecular flexibility index (Phi) is 10.4. The first-order valence-electron chi connectivity index (χ1n) is 17.1. The lowest BCUT2D eigenvalue weighted by atomic mass is 9.76. The molecule has 6 rings (SSSR count). The first-order valence-corrected chi connectivity index (χ1v) is 17.1. The van der Waals surface area contributed by atoms with E-state index in [1.807, 2.05) is 23.1 Å². The Balaban J connectivity index is 1.34. The van der Waals surface area contributed by atoms with Gasteiger partial charge < -0.3 is 18.9 Å². The minimum absolute atomic E-state index is 0.0215. The number of nitrogens with one attached hydrogen (secondary N) is 1. The van der Waals surface area contributed by atoms with Crippen LogP contribution in [0.2, 0.25) is 6.32 Å². The van der Waals surface area contributed by atoms with Crippen LogP contribution < -0.4 is 5.32 Å². The summed E-state index contributed by atoms with van der Waals surface area (Å²) in [6, 6.07) is 31.2. The zero-order valence-corrected chi connectivity index (χ0v) is 28.5. The van der Waals surface area contributed by atoms with Gasteiger partial charge in [0.1, 0.15) is 6.54 Å². The summed E-state index contributed by atoms with van der Waals surface area (Å²) in [6.45, 7) is 10.6. The number of tetrazole rings is 1. The molecule has 0 radical (unpaired) electrons. The average molecular weight is 651 g/mol. The van der Waals surface area contributed by atoms with Gasteiger partial charge in [0.25, 0.3) is 0 Å². The average Bonchev–Trinajstić information content (AvgIpc) is 3.65. The van der Waals surface area contributed by atoms with Crippen molar-refractivity contribution >= 4 is 13.0 Å². The maximum atomic E-state index is 13.4. The van der Waals surface area contributed by atoms with Crippen LogP contribution in [-0.2, 0) is 30.9 Å². The van der Waals surface area contributed by atoms with Crippen molar-refractivity contribution in [2.24, 2.45) is 0 Å². The molecule has 1 N–H and O–H groups in total. The molecule has 0 saturated carbocycles. The van der Waals surface area contributed by atoms with Crippen molar-refractivity contribution in [3.8, 4) is 0 Å². The molecule has 11 heteroatoms. The van der Waals surface area contributed by atoms with Gasteiger partial charge in [0.2, 0.25) is 5.91 Å². The molecule has 2 fully saturated rings. The maximum Gasteiger partial charge on any atom is 0.457 e. The van der Waals surface area contributed by atoms with Gasteiger partial charge in [-0.2, -0.15) is 0 Å². The van der Waals surface area contributed by atoms with Crippen molar-refractivity contribution in [1.82, 2.24) is 30.4 Å². The molecule has 2 aliphatic heterocycles. The number of nitrogens with zero attached hydrogens (tertiary/aromatic N) is 5. The van der Waals surface area contributed by atoms with Crippen LogP contribution in [0, 0.1) is 0 Å². The summed E-state index contributed by atoms with van der Waals surface area (Å²) >= 11 is 0. The molecule has 1 aromatic heterocycles. The molecule has 0 aliphatic carbocycles. The second kappa shape index (κ2) is 14.7. The summed E-state index contributed by atoms with van der Waals surface area (Å²) < 4.78 is 19.7. The molecule has 3 aromatic carbocycles. The van der Waals surface area contributed by atoms with E-state index in [0.29, 0.717) is 32.1 Å². The third-order valence-corrected chi connectivity index (χ3v) is 10.0. The summed E-state index contributed by atoms with van der Waals surface area (Å²) in [7, 11) is -0.255. The normalized spacial score (nSPS) is 18.2. The van der Waals surface area contributed by atoms with Crippen molar-refractivity contribution in [3.63, 3.8) is 0 Å². The van der Waals surface area contributed by atoms with Crippen LogP contribution in [-0.4, -0.2) is 75.6 Å². The number of amides is 1. The number of ether oxygens (including phenoxy) is 1. The molecule has 3 heterocycles. The number of carbonyl (C=O) groups is 1. The lowest BCUT2D eigenvalue weighted by Crippen LogP contribution is -2.47. The first kappa shape index (κ1) is 34.0. The molecule has 10 nitrogen and oxygen atoms in total. The third-order valence-electron chi connectivity index (χ3n) is 10.0. The van der Waals surface area contributed by atoms with Crippen LogP contribution in [0.5, 0.6) is 0 Å². The predicted octanol–water partition coefficient (Wildman–Crippen LogP) is 5.42. The summed E-state index contributed by atoms with van der Waals surface area (Å²) in [6.07, 6.45) is 3.25. The van der Waals surface area contributed by atoms with E-state index < -0.39 is 5.54 Å². The molecule has 2 aliphatic rings. The molecular weight excluding hydrogens is 603 g/mol. The first-order chi connectivity index (χ1) is 23.2.